The molecule has 1 aromatic carbocycles. The van der Waals surface area contributed by atoms with E-state index in [0.29, 0.717) is 17.1 Å². The Morgan fingerprint density at radius 2 is 2.00 bits per heavy atom. The first kappa shape index (κ1) is 17.9. The van der Waals surface area contributed by atoms with Crippen molar-refractivity contribution in [1.82, 2.24) is 4.98 Å². The highest BCUT2D eigenvalue weighted by molar-refractivity contribution is 9.10. The molecule has 0 bridgehead atoms. The first-order valence-corrected chi connectivity index (χ1v) is 8.61. The van der Waals surface area contributed by atoms with Gasteiger partial charge in [-0.25, -0.2) is 0 Å². The van der Waals surface area contributed by atoms with Gasteiger partial charge in [-0.3, -0.25) is 4.79 Å². The summed E-state index contributed by atoms with van der Waals surface area (Å²) in [6.07, 6.45) is 3.79. The van der Waals surface area contributed by atoms with Crippen LogP contribution in [0, 0.1) is 0 Å². The Morgan fingerprint density at radius 3 is 2.61 bits per heavy atom. The van der Waals surface area contributed by atoms with Gasteiger partial charge in [0.05, 0.1) is 5.56 Å². The van der Waals surface area contributed by atoms with E-state index >= 15 is 0 Å². The van der Waals surface area contributed by atoms with E-state index < -0.39 is 5.56 Å². The lowest BCUT2D eigenvalue weighted by atomic mass is 9.95. The van der Waals surface area contributed by atoms with Crippen LogP contribution in [0.15, 0.2) is 25.8 Å². The fraction of sp³-hybridized carbons (Fsp3) is 0.375. The molecule has 124 valence electrons. The molecule has 0 spiro atoms. The molecule has 2 aromatic rings. The fourth-order valence-electron chi connectivity index (χ4n) is 2.57. The van der Waals surface area contributed by atoms with E-state index in [2.05, 4.69) is 47.7 Å². The van der Waals surface area contributed by atoms with Crippen LogP contribution < -0.4 is 15.5 Å². The Balaban J connectivity index is 2.73. The van der Waals surface area contributed by atoms with Crippen molar-refractivity contribution in [3.05, 3.63) is 38.1 Å². The summed E-state index contributed by atoms with van der Waals surface area (Å²) in [6.45, 7) is 4.23. The van der Waals surface area contributed by atoms with Gasteiger partial charge in [0.1, 0.15) is 4.47 Å². The van der Waals surface area contributed by atoms with E-state index in [9.17, 15) is 4.79 Å². The van der Waals surface area contributed by atoms with Crippen molar-refractivity contribution in [2.24, 2.45) is 0 Å². The molecule has 1 aromatic heterocycles. The first-order valence-electron chi connectivity index (χ1n) is 7.46. The zero-order valence-electron chi connectivity index (χ0n) is 13.1. The topological polar surface area (TPSA) is 78.4 Å². The lowest BCUT2D eigenvalue weighted by molar-refractivity contribution is 0.554. The average molecular weight is 399 g/mol. The maximum Gasteiger partial charge on any atom is 0.295 e. The summed E-state index contributed by atoms with van der Waals surface area (Å²) in [7, 11) is 0. The highest BCUT2D eigenvalue weighted by Crippen LogP contribution is 2.39. The van der Waals surface area contributed by atoms with E-state index in [1.807, 2.05) is 12.1 Å². The summed E-state index contributed by atoms with van der Waals surface area (Å²) in [4.78, 5) is 15.4. The monoisotopic (exact) mass is 398 g/mol. The maximum absolute atomic E-state index is 11.9. The predicted octanol–water partition coefficient (Wildman–Crippen LogP) is 4.18. The molecule has 0 saturated carbocycles. The average Bonchev–Trinajstić information content (AvgIpc) is 2.52. The predicted molar refractivity (Wildman–Crippen MR) is 97.9 cm³/mol. The van der Waals surface area contributed by atoms with Crippen molar-refractivity contribution in [1.29, 1.82) is 0 Å². The minimum absolute atomic E-state index is 0.187. The molecule has 0 aliphatic rings. The first-order chi connectivity index (χ1) is 11.0. The Kier molecular flexibility index (Phi) is 6.12. The number of aromatic nitrogens is 1. The van der Waals surface area contributed by atoms with Gasteiger partial charge in [-0.05, 0) is 46.0 Å². The number of nitrogen functional groups attached to an aromatic ring is 1. The zero-order valence-corrected chi connectivity index (χ0v) is 15.5. The highest BCUT2D eigenvalue weighted by atomic mass is 79.9. The molecule has 0 atom stereocenters. The molecule has 0 unspecified atom stereocenters. The third kappa shape index (κ3) is 3.72. The summed E-state index contributed by atoms with van der Waals surface area (Å²) in [5.41, 5.74) is 8.00. The number of anilines is 1. The number of thiol groups is 1. The number of hydrogen-bond acceptors (Lipinski definition) is 6. The molecule has 0 amide bonds. The number of benzene rings is 1. The number of aryl methyl sites for hydroxylation is 1. The van der Waals surface area contributed by atoms with Crippen LogP contribution in [0.2, 0.25) is 0 Å². The largest absolute Gasteiger partial charge is 0.428 e. The third-order valence-corrected chi connectivity index (χ3v) is 4.40. The van der Waals surface area contributed by atoms with Crippen LogP contribution >= 0.6 is 28.8 Å². The third-order valence-electron chi connectivity index (χ3n) is 3.52. The zero-order chi connectivity index (χ0) is 17.0. The van der Waals surface area contributed by atoms with Crippen molar-refractivity contribution >= 4 is 34.9 Å². The maximum atomic E-state index is 11.9. The Bertz CT molecular complexity index is 762. The minimum atomic E-state index is -0.483. The molecule has 0 fully saturated rings. The van der Waals surface area contributed by atoms with Gasteiger partial charge in [-0.1, -0.05) is 32.8 Å². The Hall–Kier alpha value is -1.47. The molecule has 23 heavy (non-hydrogen) atoms. The van der Waals surface area contributed by atoms with E-state index in [1.54, 1.807) is 0 Å². The summed E-state index contributed by atoms with van der Waals surface area (Å²) >= 11 is 7.23. The summed E-state index contributed by atoms with van der Waals surface area (Å²) in [5.74, 6) is 0.891. The second-order valence-electron chi connectivity index (χ2n) is 5.17. The van der Waals surface area contributed by atoms with E-state index in [-0.39, 0.29) is 10.5 Å². The molecular weight excluding hydrogens is 380 g/mol. The SMILES string of the molecule is CCCc1ccc(-c2oc(N)nc(=O)c2Br)c(OS)c1CCC. The Labute approximate surface area is 149 Å². The van der Waals surface area contributed by atoms with E-state index in [0.717, 1.165) is 31.2 Å². The lowest BCUT2D eigenvalue weighted by Crippen LogP contribution is -2.11. The quantitative estimate of drug-likeness (QED) is 0.563. The van der Waals surface area contributed by atoms with Crippen LogP contribution in [0.5, 0.6) is 5.75 Å². The van der Waals surface area contributed by atoms with Crippen LogP contribution in [0.3, 0.4) is 0 Å². The molecule has 0 aliphatic heterocycles. The Morgan fingerprint density at radius 1 is 1.30 bits per heavy atom. The molecule has 0 aliphatic carbocycles. The van der Waals surface area contributed by atoms with Crippen molar-refractivity contribution in [2.75, 3.05) is 5.73 Å². The molecule has 2 N–H and O–H groups in total. The van der Waals surface area contributed by atoms with Crippen LogP contribution in [0.4, 0.5) is 6.01 Å². The van der Waals surface area contributed by atoms with Gasteiger partial charge in [-0.2, -0.15) is 4.98 Å². The number of rotatable bonds is 6. The van der Waals surface area contributed by atoms with Crippen molar-refractivity contribution in [3.63, 3.8) is 0 Å². The number of hydrogen-bond donors (Lipinski definition) is 2. The molecule has 7 heteroatoms. The number of nitrogens with two attached hydrogens (primary N) is 1. The molecule has 0 radical (unpaired) electrons. The van der Waals surface area contributed by atoms with Gasteiger partial charge in [0.15, 0.2) is 11.5 Å². The second-order valence-corrected chi connectivity index (χ2v) is 6.15. The molecular formula is C16H19BrN2O3S. The van der Waals surface area contributed by atoms with Crippen LogP contribution in [-0.4, -0.2) is 4.98 Å². The van der Waals surface area contributed by atoms with Crippen LogP contribution in [0.25, 0.3) is 11.3 Å². The number of nitrogens with zero attached hydrogens (tertiary/aromatic N) is 1. The van der Waals surface area contributed by atoms with Gasteiger partial charge in [-0.15, -0.1) is 0 Å². The van der Waals surface area contributed by atoms with Gasteiger partial charge >= 0.3 is 0 Å². The van der Waals surface area contributed by atoms with Crippen LogP contribution in [-0.2, 0) is 12.8 Å². The lowest BCUT2D eigenvalue weighted by Gasteiger charge is -2.16. The van der Waals surface area contributed by atoms with E-state index in [4.69, 9.17) is 14.3 Å². The van der Waals surface area contributed by atoms with Crippen molar-refractivity contribution < 1.29 is 8.60 Å². The highest BCUT2D eigenvalue weighted by Gasteiger charge is 2.21. The molecule has 0 saturated heterocycles. The molecule has 1 heterocycles. The van der Waals surface area contributed by atoms with Gasteiger partial charge < -0.3 is 14.3 Å². The standard InChI is InChI=1S/C16H19BrN2O3S/c1-3-5-9-7-8-11(13(22-23)10(9)6-4-2)14-12(17)15(20)19-16(18)21-14/h7-8,23H,3-6H2,1-2H3,(H2,18,19,20). The molecule has 2 rings (SSSR count). The van der Waals surface area contributed by atoms with Gasteiger partial charge in [0.25, 0.3) is 11.6 Å². The summed E-state index contributed by atoms with van der Waals surface area (Å²) in [5, 5.41) is 0. The van der Waals surface area contributed by atoms with E-state index in [1.165, 1.54) is 5.56 Å². The fourth-order valence-corrected chi connectivity index (χ4v) is 3.16. The molecule has 5 nitrogen and oxygen atoms in total. The second kappa shape index (κ2) is 7.88. The summed E-state index contributed by atoms with van der Waals surface area (Å²) in [6, 6.07) is 3.70. The van der Waals surface area contributed by atoms with Crippen LogP contribution in [0.1, 0.15) is 37.8 Å². The van der Waals surface area contributed by atoms with Crippen molar-refractivity contribution in [2.45, 2.75) is 39.5 Å². The van der Waals surface area contributed by atoms with Crippen molar-refractivity contribution in [3.8, 4) is 17.1 Å². The van der Waals surface area contributed by atoms with Gasteiger partial charge in [0, 0.05) is 12.9 Å². The minimum Gasteiger partial charge on any atom is -0.428 e. The number of halogens is 1. The van der Waals surface area contributed by atoms with Gasteiger partial charge in [0.2, 0.25) is 0 Å². The smallest absolute Gasteiger partial charge is 0.295 e. The summed E-state index contributed by atoms with van der Waals surface area (Å²) < 4.78 is 11.0. The normalized spacial score (nSPS) is 10.8.